The van der Waals surface area contributed by atoms with Crippen LogP contribution in [0.5, 0.6) is 0 Å². The van der Waals surface area contributed by atoms with Gasteiger partial charge in [0.1, 0.15) is 0 Å². The third-order valence-corrected chi connectivity index (χ3v) is 2.58. The van der Waals surface area contributed by atoms with Gasteiger partial charge in [0.05, 0.1) is 0 Å². The minimum absolute atomic E-state index is 0.202. The van der Waals surface area contributed by atoms with Gasteiger partial charge in [0.25, 0.3) is 0 Å². The summed E-state index contributed by atoms with van der Waals surface area (Å²) in [6, 6.07) is 0. The Morgan fingerprint density at radius 2 is 2.00 bits per heavy atom. The predicted molar refractivity (Wildman–Crippen MR) is 59.4 cm³/mol. The molecule has 0 amide bonds. The van der Waals surface area contributed by atoms with E-state index in [0.29, 0.717) is 17.6 Å². The first-order valence-corrected chi connectivity index (χ1v) is 5.80. The zero-order valence-corrected chi connectivity index (χ0v) is 10.3. The molecule has 0 bridgehead atoms. The van der Waals surface area contributed by atoms with Crippen molar-refractivity contribution in [3.8, 4) is 0 Å². The van der Waals surface area contributed by atoms with E-state index >= 15 is 0 Å². The summed E-state index contributed by atoms with van der Waals surface area (Å²) in [7, 11) is 0. The lowest BCUT2D eigenvalue weighted by Gasteiger charge is -2.02. The molecule has 1 atom stereocenters. The highest BCUT2D eigenvalue weighted by Crippen LogP contribution is 2.18. The number of aromatic nitrogens is 4. The number of hydrogen-bond donors (Lipinski definition) is 0. The van der Waals surface area contributed by atoms with Crippen LogP contribution >= 0.6 is 0 Å². The van der Waals surface area contributed by atoms with Gasteiger partial charge in [-0.15, -0.1) is 0 Å². The molecule has 2 aromatic heterocycles. The van der Waals surface area contributed by atoms with Crippen LogP contribution in [0.15, 0.2) is 9.05 Å². The lowest BCUT2D eigenvalue weighted by molar-refractivity contribution is 0.337. The fraction of sp³-hybridized carbons (Fsp3) is 0.636. The van der Waals surface area contributed by atoms with Gasteiger partial charge in [-0.05, 0) is 13.3 Å². The standard InChI is InChI=1S/C11H16N4O2/c1-4-9-13-10(16-15-9)6-5-7(2)11-12-8(3)14-17-11/h7H,4-6H2,1-3H3. The molecule has 0 fully saturated rings. The molecule has 17 heavy (non-hydrogen) atoms. The second-order valence-corrected chi connectivity index (χ2v) is 4.08. The van der Waals surface area contributed by atoms with E-state index in [4.69, 9.17) is 9.05 Å². The molecule has 0 aliphatic heterocycles. The van der Waals surface area contributed by atoms with Gasteiger partial charge in [0.15, 0.2) is 11.6 Å². The van der Waals surface area contributed by atoms with E-state index in [1.807, 2.05) is 20.8 Å². The maximum absolute atomic E-state index is 5.12. The van der Waals surface area contributed by atoms with E-state index in [-0.39, 0.29) is 5.92 Å². The van der Waals surface area contributed by atoms with Crippen LogP contribution in [0.4, 0.5) is 0 Å². The molecule has 6 nitrogen and oxygen atoms in total. The molecule has 0 aromatic carbocycles. The van der Waals surface area contributed by atoms with Gasteiger partial charge >= 0.3 is 0 Å². The largest absolute Gasteiger partial charge is 0.339 e. The monoisotopic (exact) mass is 236 g/mol. The van der Waals surface area contributed by atoms with Gasteiger partial charge in [-0.2, -0.15) is 9.97 Å². The summed E-state index contributed by atoms with van der Waals surface area (Å²) >= 11 is 0. The van der Waals surface area contributed by atoms with Crippen molar-refractivity contribution < 1.29 is 9.05 Å². The second-order valence-electron chi connectivity index (χ2n) is 4.08. The highest BCUT2D eigenvalue weighted by atomic mass is 16.5. The first-order chi connectivity index (χ1) is 8.19. The third kappa shape index (κ3) is 2.89. The Bertz CT molecular complexity index is 477. The van der Waals surface area contributed by atoms with Crippen molar-refractivity contribution >= 4 is 0 Å². The zero-order chi connectivity index (χ0) is 12.3. The maximum Gasteiger partial charge on any atom is 0.229 e. The van der Waals surface area contributed by atoms with Crippen LogP contribution in [0.3, 0.4) is 0 Å². The summed E-state index contributed by atoms with van der Waals surface area (Å²) in [4.78, 5) is 8.45. The molecule has 0 saturated heterocycles. The predicted octanol–water partition coefficient (Wildman–Crippen LogP) is 2.06. The second kappa shape index (κ2) is 5.07. The number of rotatable bonds is 5. The molecule has 0 aliphatic carbocycles. The number of nitrogens with zero attached hydrogens (tertiary/aromatic N) is 4. The fourth-order valence-electron chi connectivity index (χ4n) is 1.51. The molecule has 2 rings (SSSR count). The Morgan fingerprint density at radius 3 is 2.59 bits per heavy atom. The highest BCUT2D eigenvalue weighted by molar-refractivity contribution is 4.93. The molecular formula is C11H16N4O2. The van der Waals surface area contributed by atoms with E-state index in [1.165, 1.54) is 0 Å². The van der Waals surface area contributed by atoms with Crippen molar-refractivity contribution in [2.75, 3.05) is 0 Å². The summed E-state index contributed by atoms with van der Waals surface area (Å²) in [6.07, 6.45) is 2.38. The van der Waals surface area contributed by atoms with E-state index in [0.717, 1.165) is 25.1 Å². The molecule has 0 saturated carbocycles. The Balaban J connectivity index is 1.89. The maximum atomic E-state index is 5.12. The highest BCUT2D eigenvalue weighted by Gasteiger charge is 2.14. The molecule has 2 aromatic rings. The quantitative estimate of drug-likeness (QED) is 0.790. The topological polar surface area (TPSA) is 77.8 Å². The Labute approximate surface area is 99.4 Å². The van der Waals surface area contributed by atoms with Gasteiger partial charge in [-0.25, -0.2) is 0 Å². The fourth-order valence-corrected chi connectivity index (χ4v) is 1.51. The Kier molecular flexibility index (Phi) is 3.51. The Morgan fingerprint density at radius 1 is 1.18 bits per heavy atom. The number of hydrogen-bond acceptors (Lipinski definition) is 6. The van der Waals surface area contributed by atoms with E-state index in [9.17, 15) is 0 Å². The number of aryl methyl sites for hydroxylation is 3. The van der Waals surface area contributed by atoms with Gasteiger partial charge in [-0.3, -0.25) is 0 Å². The molecule has 6 heteroatoms. The minimum Gasteiger partial charge on any atom is -0.339 e. The molecule has 0 radical (unpaired) electrons. The Hall–Kier alpha value is -1.72. The van der Waals surface area contributed by atoms with Crippen molar-refractivity contribution in [3.63, 3.8) is 0 Å². The minimum atomic E-state index is 0.202. The van der Waals surface area contributed by atoms with Crippen LogP contribution in [0.1, 0.15) is 49.6 Å². The first-order valence-electron chi connectivity index (χ1n) is 5.80. The summed E-state index contributed by atoms with van der Waals surface area (Å²) in [5.74, 6) is 2.95. The molecule has 0 N–H and O–H groups in total. The van der Waals surface area contributed by atoms with Gasteiger partial charge in [0, 0.05) is 18.8 Å². The van der Waals surface area contributed by atoms with Crippen LogP contribution in [0.25, 0.3) is 0 Å². The smallest absolute Gasteiger partial charge is 0.229 e. The van der Waals surface area contributed by atoms with Crippen molar-refractivity contribution in [2.24, 2.45) is 0 Å². The summed E-state index contributed by atoms with van der Waals surface area (Å²) < 4.78 is 10.2. The molecule has 2 heterocycles. The van der Waals surface area contributed by atoms with Crippen LogP contribution in [-0.4, -0.2) is 20.3 Å². The summed E-state index contributed by atoms with van der Waals surface area (Å²) in [5.41, 5.74) is 0. The zero-order valence-electron chi connectivity index (χ0n) is 10.3. The SMILES string of the molecule is CCc1noc(CCC(C)c2nc(C)no2)n1. The molecule has 1 unspecified atom stereocenters. The van der Waals surface area contributed by atoms with Crippen LogP contribution in [-0.2, 0) is 12.8 Å². The lowest BCUT2D eigenvalue weighted by atomic mass is 10.1. The van der Waals surface area contributed by atoms with E-state index in [1.54, 1.807) is 0 Å². The van der Waals surface area contributed by atoms with Crippen molar-refractivity contribution in [3.05, 3.63) is 23.4 Å². The molecular weight excluding hydrogens is 220 g/mol. The van der Waals surface area contributed by atoms with E-state index < -0.39 is 0 Å². The average molecular weight is 236 g/mol. The molecule has 0 aliphatic rings. The first kappa shape index (κ1) is 11.8. The summed E-state index contributed by atoms with van der Waals surface area (Å²) in [6.45, 7) is 5.85. The van der Waals surface area contributed by atoms with Gasteiger partial charge < -0.3 is 9.05 Å². The molecule has 92 valence electrons. The average Bonchev–Trinajstić information content (AvgIpc) is 2.94. The molecule has 0 spiro atoms. The normalized spacial score (nSPS) is 12.9. The van der Waals surface area contributed by atoms with Crippen LogP contribution in [0.2, 0.25) is 0 Å². The summed E-state index contributed by atoms with van der Waals surface area (Å²) in [5, 5.41) is 7.62. The van der Waals surface area contributed by atoms with Crippen LogP contribution < -0.4 is 0 Å². The lowest BCUT2D eigenvalue weighted by Crippen LogP contribution is -1.97. The van der Waals surface area contributed by atoms with Gasteiger partial charge in [-0.1, -0.05) is 24.2 Å². The van der Waals surface area contributed by atoms with Crippen molar-refractivity contribution in [2.45, 2.75) is 46.0 Å². The van der Waals surface area contributed by atoms with Crippen LogP contribution in [0, 0.1) is 6.92 Å². The van der Waals surface area contributed by atoms with Crippen molar-refractivity contribution in [1.82, 2.24) is 20.3 Å². The van der Waals surface area contributed by atoms with Crippen molar-refractivity contribution in [1.29, 1.82) is 0 Å². The van der Waals surface area contributed by atoms with E-state index in [2.05, 4.69) is 20.3 Å². The third-order valence-electron chi connectivity index (χ3n) is 2.58. The van der Waals surface area contributed by atoms with Gasteiger partial charge in [0.2, 0.25) is 11.8 Å².